The maximum Gasteiger partial charge on any atom is 0.269 e. The lowest BCUT2D eigenvalue weighted by Crippen LogP contribution is -2.11. The highest BCUT2D eigenvalue weighted by atomic mass is 32.1. The van der Waals surface area contributed by atoms with E-state index < -0.39 is 0 Å². The fourth-order valence-electron chi connectivity index (χ4n) is 2.79. The van der Waals surface area contributed by atoms with Crippen LogP contribution >= 0.6 is 22.7 Å². The first kappa shape index (κ1) is 15.0. The largest absolute Gasteiger partial charge is 0.397 e. The van der Waals surface area contributed by atoms with Crippen molar-refractivity contribution in [1.29, 1.82) is 0 Å². The molecule has 7 heteroatoms. The molecule has 0 aliphatic rings. The summed E-state index contributed by atoms with van der Waals surface area (Å²) in [6.45, 7) is 4.10. The van der Waals surface area contributed by atoms with Crippen LogP contribution in [0.25, 0.3) is 21.1 Å². The molecule has 4 rings (SSSR count). The lowest BCUT2D eigenvalue weighted by Gasteiger charge is -2.04. The number of fused-ring (bicyclic) bond motifs is 2. The SMILES string of the molecule is Cc1cc(C)c2nc3sc(C(=O)Nc4nccs4)c(N)c3cc2c1. The van der Waals surface area contributed by atoms with E-state index in [-0.39, 0.29) is 5.91 Å². The van der Waals surface area contributed by atoms with E-state index in [9.17, 15) is 4.79 Å². The molecule has 5 nitrogen and oxygen atoms in total. The molecule has 0 atom stereocenters. The number of carbonyl (C=O) groups excluding carboxylic acids is 1. The van der Waals surface area contributed by atoms with Crippen LogP contribution in [-0.4, -0.2) is 15.9 Å². The molecule has 0 spiro atoms. The molecule has 0 unspecified atom stereocenters. The Kier molecular flexibility index (Phi) is 3.47. The van der Waals surface area contributed by atoms with Gasteiger partial charge in [0.25, 0.3) is 5.91 Å². The molecule has 0 radical (unpaired) electrons. The number of amides is 1. The van der Waals surface area contributed by atoms with Crippen LogP contribution in [0.3, 0.4) is 0 Å². The van der Waals surface area contributed by atoms with E-state index in [1.165, 1.54) is 28.2 Å². The minimum absolute atomic E-state index is 0.248. The van der Waals surface area contributed by atoms with Crippen LogP contribution in [0.4, 0.5) is 10.8 Å². The molecule has 0 bridgehead atoms. The predicted octanol–water partition coefficient (Wildman–Crippen LogP) is 4.36. The number of aromatic nitrogens is 2. The number of thiazole rings is 1. The van der Waals surface area contributed by atoms with Gasteiger partial charge in [0, 0.05) is 22.3 Å². The molecule has 0 saturated heterocycles. The summed E-state index contributed by atoms with van der Waals surface area (Å²) in [5, 5.41) is 7.00. The Morgan fingerprint density at radius 1 is 1.25 bits per heavy atom. The summed E-state index contributed by atoms with van der Waals surface area (Å²) < 4.78 is 0. The number of hydrogen-bond acceptors (Lipinski definition) is 6. The van der Waals surface area contributed by atoms with E-state index >= 15 is 0 Å². The Morgan fingerprint density at radius 3 is 2.83 bits per heavy atom. The minimum atomic E-state index is -0.248. The molecule has 3 heterocycles. The van der Waals surface area contributed by atoms with Crippen molar-refractivity contribution >= 4 is 60.5 Å². The van der Waals surface area contributed by atoms with Gasteiger partial charge in [-0.15, -0.1) is 22.7 Å². The van der Waals surface area contributed by atoms with E-state index in [4.69, 9.17) is 10.7 Å². The molecule has 1 amide bonds. The Hall–Kier alpha value is -2.51. The van der Waals surface area contributed by atoms with Gasteiger partial charge in [-0.3, -0.25) is 10.1 Å². The first-order valence-electron chi connectivity index (χ1n) is 7.34. The zero-order chi connectivity index (χ0) is 16.8. The van der Waals surface area contributed by atoms with Crippen LogP contribution < -0.4 is 11.1 Å². The second kappa shape index (κ2) is 5.54. The van der Waals surface area contributed by atoms with Crippen molar-refractivity contribution in [2.45, 2.75) is 13.8 Å². The smallest absolute Gasteiger partial charge is 0.269 e. The molecule has 3 aromatic heterocycles. The summed E-state index contributed by atoms with van der Waals surface area (Å²) in [4.78, 5) is 22.5. The maximum absolute atomic E-state index is 12.5. The highest BCUT2D eigenvalue weighted by molar-refractivity contribution is 7.21. The van der Waals surface area contributed by atoms with E-state index in [1.807, 2.05) is 18.4 Å². The van der Waals surface area contributed by atoms with E-state index in [0.717, 1.165) is 26.7 Å². The molecule has 3 N–H and O–H groups in total. The quantitative estimate of drug-likeness (QED) is 0.560. The molecule has 4 aromatic rings. The van der Waals surface area contributed by atoms with Gasteiger partial charge in [0.05, 0.1) is 11.2 Å². The number of nitrogens with zero attached hydrogens (tertiary/aromatic N) is 2. The number of aryl methyl sites for hydroxylation is 2. The van der Waals surface area contributed by atoms with Gasteiger partial charge in [-0.1, -0.05) is 11.6 Å². The zero-order valence-corrected chi connectivity index (χ0v) is 14.7. The minimum Gasteiger partial charge on any atom is -0.397 e. The van der Waals surface area contributed by atoms with E-state index in [0.29, 0.717) is 15.7 Å². The number of rotatable bonds is 2. The third kappa shape index (κ3) is 2.42. The summed E-state index contributed by atoms with van der Waals surface area (Å²) >= 11 is 2.68. The summed E-state index contributed by atoms with van der Waals surface area (Å²) in [5.74, 6) is -0.248. The number of nitrogens with one attached hydrogen (secondary N) is 1. The van der Waals surface area contributed by atoms with Gasteiger partial charge in [-0.05, 0) is 31.5 Å². The van der Waals surface area contributed by atoms with Crippen molar-refractivity contribution in [3.8, 4) is 0 Å². The lowest BCUT2D eigenvalue weighted by atomic mass is 10.1. The Labute approximate surface area is 146 Å². The fourth-order valence-corrected chi connectivity index (χ4v) is 4.28. The number of nitrogens with two attached hydrogens (primary N) is 1. The second-order valence-corrected chi connectivity index (χ2v) is 7.52. The maximum atomic E-state index is 12.5. The number of benzene rings is 1. The number of pyridine rings is 1. The molecular weight excluding hydrogens is 340 g/mol. The highest BCUT2D eigenvalue weighted by Crippen LogP contribution is 2.35. The van der Waals surface area contributed by atoms with Crippen molar-refractivity contribution in [2.24, 2.45) is 0 Å². The molecule has 0 saturated carbocycles. The molecular formula is C17H14N4OS2. The van der Waals surface area contributed by atoms with E-state index in [1.54, 1.807) is 6.20 Å². The average molecular weight is 354 g/mol. The Bertz CT molecular complexity index is 1080. The first-order valence-corrected chi connectivity index (χ1v) is 9.03. The standard InChI is InChI=1S/C17H14N4OS2/c1-8-5-9(2)13-10(6-8)7-11-12(18)14(24-16(11)20-13)15(22)21-17-19-3-4-23-17/h3-7H,18H2,1-2H3,(H,19,21,22). The lowest BCUT2D eigenvalue weighted by molar-refractivity contribution is 0.103. The molecule has 0 aliphatic carbocycles. The van der Waals surface area contributed by atoms with Gasteiger partial charge in [0.1, 0.15) is 9.71 Å². The number of carbonyl (C=O) groups is 1. The number of thiophene rings is 1. The summed E-state index contributed by atoms with van der Waals surface area (Å²) in [5.41, 5.74) is 9.94. The van der Waals surface area contributed by atoms with Gasteiger partial charge in [0.15, 0.2) is 5.13 Å². The number of anilines is 2. The monoisotopic (exact) mass is 354 g/mol. The summed E-state index contributed by atoms with van der Waals surface area (Å²) in [6, 6.07) is 6.21. The van der Waals surface area contributed by atoms with Gasteiger partial charge in [-0.2, -0.15) is 0 Å². The highest BCUT2D eigenvalue weighted by Gasteiger charge is 2.19. The normalized spacial score (nSPS) is 11.2. The zero-order valence-electron chi connectivity index (χ0n) is 13.1. The third-order valence-corrected chi connectivity index (χ3v) is 5.61. The van der Waals surface area contributed by atoms with Gasteiger partial charge in [-0.25, -0.2) is 9.97 Å². The van der Waals surface area contributed by atoms with Crippen LogP contribution in [0.15, 0.2) is 29.8 Å². The van der Waals surface area contributed by atoms with Crippen LogP contribution in [0, 0.1) is 13.8 Å². The second-order valence-electron chi connectivity index (χ2n) is 5.63. The molecule has 120 valence electrons. The first-order chi connectivity index (χ1) is 11.5. The van der Waals surface area contributed by atoms with Crippen LogP contribution in [-0.2, 0) is 0 Å². The van der Waals surface area contributed by atoms with E-state index in [2.05, 4.69) is 29.4 Å². The van der Waals surface area contributed by atoms with Crippen LogP contribution in [0.2, 0.25) is 0 Å². The van der Waals surface area contributed by atoms with Crippen LogP contribution in [0.5, 0.6) is 0 Å². The molecule has 1 aromatic carbocycles. The average Bonchev–Trinajstić information content (AvgIpc) is 3.14. The molecule has 0 aliphatic heterocycles. The van der Waals surface area contributed by atoms with Gasteiger partial charge in [0.2, 0.25) is 0 Å². The van der Waals surface area contributed by atoms with Crippen molar-refractivity contribution in [1.82, 2.24) is 9.97 Å². The van der Waals surface area contributed by atoms with Gasteiger partial charge < -0.3 is 5.73 Å². The van der Waals surface area contributed by atoms with Crippen molar-refractivity contribution in [3.63, 3.8) is 0 Å². The molecule has 24 heavy (non-hydrogen) atoms. The Morgan fingerprint density at radius 2 is 2.08 bits per heavy atom. The number of nitrogen functional groups attached to an aromatic ring is 1. The van der Waals surface area contributed by atoms with Crippen molar-refractivity contribution in [2.75, 3.05) is 11.1 Å². The van der Waals surface area contributed by atoms with Crippen LogP contribution in [0.1, 0.15) is 20.8 Å². The third-order valence-electron chi connectivity index (χ3n) is 3.81. The fraction of sp³-hybridized carbons (Fsp3) is 0.118. The predicted molar refractivity (Wildman–Crippen MR) is 101 cm³/mol. The van der Waals surface area contributed by atoms with Crippen molar-refractivity contribution < 1.29 is 4.79 Å². The van der Waals surface area contributed by atoms with Gasteiger partial charge >= 0.3 is 0 Å². The Balaban J connectivity index is 1.86. The van der Waals surface area contributed by atoms with Crippen molar-refractivity contribution in [3.05, 3.63) is 45.8 Å². The molecule has 0 fully saturated rings. The summed E-state index contributed by atoms with van der Waals surface area (Å²) in [6.07, 6.45) is 1.65. The number of hydrogen-bond donors (Lipinski definition) is 2. The summed E-state index contributed by atoms with van der Waals surface area (Å²) in [7, 11) is 0. The topological polar surface area (TPSA) is 80.9 Å².